The van der Waals surface area contributed by atoms with Crippen LogP contribution in [0.15, 0.2) is 58.5 Å². The van der Waals surface area contributed by atoms with Crippen LogP contribution in [0.3, 0.4) is 0 Å². The van der Waals surface area contributed by atoms with Gasteiger partial charge in [-0.2, -0.15) is 0 Å². The van der Waals surface area contributed by atoms with Gasteiger partial charge in [-0.05, 0) is 55.1 Å². The van der Waals surface area contributed by atoms with E-state index < -0.39 is 0 Å². The van der Waals surface area contributed by atoms with Gasteiger partial charge in [0.25, 0.3) is 0 Å². The molecule has 0 fully saturated rings. The van der Waals surface area contributed by atoms with E-state index >= 15 is 0 Å². The zero-order valence-corrected chi connectivity index (χ0v) is 18.4. The number of rotatable bonds is 9. The van der Waals surface area contributed by atoms with Gasteiger partial charge in [0, 0.05) is 31.3 Å². The number of nitrogens with one attached hydrogen (secondary N) is 1. The van der Waals surface area contributed by atoms with Crippen LogP contribution in [0.1, 0.15) is 32.3 Å². The Morgan fingerprint density at radius 2 is 1.74 bits per heavy atom. The van der Waals surface area contributed by atoms with E-state index in [-0.39, 0.29) is 11.9 Å². The Balaban J connectivity index is 1.48. The molecule has 1 heterocycles. The van der Waals surface area contributed by atoms with Crippen molar-refractivity contribution in [3.05, 3.63) is 54.1 Å². The molecular weight excluding hydrogens is 392 g/mol. The monoisotopic (exact) mass is 422 g/mol. The second kappa shape index (κ2) is 11.3. The van der Waals surface area contributed by atoms with E-state index in [4.69, 9.17) is 9.47 Å². The Morgan fingerprint density at radius 3 is 2.32 bits per heavy atom. The first kappa shape index (κ1) is 22.5. The molecule has 31 heavy (non-hydrogen) atoms. The average molecular weight is 423 g/mol. The van der Waals surface area contributed by atoms with Crippen LogP contribution in [0.2, 0.25) is 0 Å². The van der Waals surface area contributed by atoms with Crippen molar-refractivity contribution in [2.75, 3.05) is 38.1 Å². The quantitative estimate of drug-likeness (QED) is 0.489. The second-order valence-electron chi connectivity index (χ2n) is 7.24. The van der Waals surface area contributed by atoms with Gasteiger partial charge in [0.1, 0.15) is 18.1 Å². The van der Waals surface area contributed by atoms with E-state index in [1.807, 2.05) is 42.6 Å². The van der Waals surface area contributed by atoms with E-state index in [2.05, 4.69) is 34.0 Å². The van der Waals surface area contributed by atoms with Gasteiger partial charge in [-0.15, -0.1) is 0 Å². The molecule has 0 saturated heterocycles. The topological polar surface area (TPSA) is 75.5 Å². The number of ether oxygens (including phenoxy) is 2. The van der Waals surface area contributed by atoms with Crippen molar-refractivity contribution in [2.24, 2.45) is 9.98 Å². The SMILES string of the molecule is CCN(CC)CCOc1ccc(NC2=NCC(c3ccc(OC(C)=O)cc3)C=N2)cc1. The number of nitrogens with zero attached hydrogens (tertiary/aromatic N) is 3. The highest BCUT2D eigenvalue weighted by molar-refractivity contribution is 6.00. The highest BCUT2D eigenvalue weighted by Gasteiger charge is 2.14. The van der Waals surface area contributed by atoms with Crippen LogP contribution in [-0.4, -0.2) is 55.8 Å². The predicted molar refractivity (Wildman–Crippen MR) is 125 cm³/mol. The molecule has 0 amide bonds. The van der Waals surface area contributed by atoms with Crippen molar-refractivity contribution in [1.29, 1.82) is 0 Å². The summed E-state index contributed by atoms with van der Waals surface area (Å²) in [5.74, 6) is 1.74. The number of hydrogen-bond donors (Lipinski definition) is 1. The van der Waals surface area contributed by atoms with Crippen molar-refractivity contribution in [2.45, 2.75) is 26.7 Å². The van der Waals surface area contributed by atoms with Crippen molar-refractivity contribution >= 4 is 23.8 Å². The van der Waals surface area contributed by atoms with Gasteiger partial charge in [-0.25, -0.2) is 4.99 Å². The third kappa shape index (κ3) is 6.93. The Kier molecular flexibility index (Phi) is 8.18. The van der Waals surface area contributed by atoms with Gasteiger partial charge in [0.05, 0.1) is 6.54 Å². The minimum atomic E-state index is -0.327. The fourth-order valence-electron chi connectivity index (χ4n) is 3.24. The van der Waals surface area contributed by atoms with Gasteiger partial charge in [0.2, 0.25) is 5.96 Å². The lowest BCUT2D eigenvalue weighted by Gasteiger charge is -2.18. The summed E-state index contributed by atoms with van der Waals surface area (Å²) in [6.07, 6.45) is 1.89. The number of carbonyl (C=O) groups excluding carboxylic acids is 1. The third-order valence-electron chi connectivity index (χ3n) is 5.07. The highest BCUT2D eigenvalue weighted by Crippen LogP contribution is 2.21. The summed E-state index contributed by atoms with van der Waals surface area (Å²) in [6, 6.07) is 15.3. The summed E-state index contributed by atoms with van der Waals surface area (Å²) in [5, 5.41) is 3.23. The predicted octanol–water partition coefficient (Wildman–Crippen LogP) is 3.97. The Bertz CT molecular complexity index is 903. The van der Waals surface area contributed by atoms with Gasteiger partial charge >= 0.3 is 5.97 Å². The van der Waals surface area contributed by atoms with Gasteiger partial charge in [0.15, 0.2) is 0 Å². The van der Waals surface area contributed by atoms with Crippen LogP contribution in [0.25, 0.3) is 0 Å². The molecular formula is C24H30N4O3. The highest BCUT2D eigenvalue weighted by atomic mass is 16.5. The molecule has 3 rings (SSSR count). The summed E-state index contributed by atoms with van der Waals surface area (Å²) in [6.45, 7) is 9.97. The fraction of sp³-hybridized carbons (Fsp3) is 0.375. The summed E-state index contributed by atoms with van der Waals surface area (Å²) in [5.41, 5.74) is 1.99. The minimum Gasteiger partial charge on any atom is -0.492 e. The molecule has 0 aromatic heterocycles. The fourth-order valence-corrected chi connectivity index (χ4v) is 3.24. The first-order valence-electron chi connectivity index (χ1n) is 10.7. The number of benzene rings is 2. The number of guanidine groups is 1. The van der Waals surface area contributed by atoms with Crippen LogP contribution < -0.4 is 14.8 Å². The number of likely N-dealkylation sites (N-methyl/N-ethyl adjacent to an activating group) is 1. The van der Waals surface area contributed by atoms with Crippen LogP contribution in [0.4, 0.5) is 5.69 Å². The Labute approximate surface area is 183 Å². The van der Waals surface area contributed by atoms with Crippen molar-refractivity contribution in [3.8, 4) is 11.5 Å². The first-order valence-corrected chi connectivity index (χ1v) is 10.7. The standard InChI is InChI=1S/C24H30N4O3/c1-4-28(5-2)14-15-30-22-12-8-21(9-13-22)27-24-25-16-20(17-26-24)19-6-10-23(11-7-19)31-18(3)29/h6-13,16,20H,4-5,14-15,17H2,1-3H3,(H,26,27). The minimum absolute atomic E-state index is 0.0958. The molecule has 1 aliphatic heterocycles. The zero-order valence-electron chi connectivity index (χ0n) is 18.4. The third-order valence-corrected chi connectivity index (χ3v) is 5.07. The van der Waals surface area contributed by atoms with E-state index in [9.17, 15) is 4.79 Å². The number of anilines is 1. The molecule has 1 N–H and O–H groups in total. The molecule has 0 bridgehead atoms. The van der Waals surface area contributed by atoms with Crippen LogP contribution in [0.5, 0.6) is 11.5 Å². The van der Waals surface area contributed by atoms with E-state index in [1.165, 1.54) is 6.92 Å². The lowest BCUT2D eigenvalue weighted by Crippen LogP contribution is -2.27. The molecule has 7 nitrogen and oxygen atoms in total. The molecule has 0 aliphatic carbocycles. The molecule has 1 aliphatic rings. The molecule has 7 heteroatoms. The molecule has 2 aromatic rings. The molecule has 0 spiro atoms. The maximum absolute atomic E-state index is 11.0. The lowest BCUT2D eigenvalue weighted by molar-refractivity contribution is -0.131. The van der Waals surface area contributed by atoms with Crippen LogP contribution in [0, 0.1) is 0 Å². The maximum atomic E-state index is 11.0. The van der Waals surface area contributed by atoms with E-state index in [0.29, 0.717) is 24.9 Å². The molecule has 2 aromatic carbocycles. The maximum Gasteiger partial charge on any atom is 0.308 e. The van der Waals surface area contributed by atoms with Crippen LogP contribution in [-0.2, 0) is 4.79 Å². The molecule has 0 radical (unpaired) electrons. The van der Waals surface area contributed by atoms with Gasteiger partial charge in [-0.3, -0.25) is 9.79 Å². The summed E-state index contributed by atoms with van der Waals surface area (Å²) in [7, 11) is 0. The number of hydrogen-bond acceptors (Lipinski definition) is 7. The number of aliphatic imine (C=N–C) groups is 2. The Hall–Kier alpha value is -3.19. The van der Waals surface area contributed by atoms with Gasteiger partial charge < -0.3 is 19.7 Å². The van der Waals surface area contributed by atoms with Gasteiger partial charge in [-0.1, -0.05) is 26.0 Å². The smallest absolute Gasteiger partial charge is 0.308 e. The lowest BCUT2D eigenvalue weighted by atomic mass is 10.00. The zero-order chi connectivity index (χ0) is 22.1. The second-order valence-corrected chi connectivity index (χ2v) is 7.24. The van der Waals surface area contributed by atoms with Crippen LogP contribution >= 0.6 is 0 Å². The van der Waals surface area contributed by atoms with Crippen molar-refractivity contribution in [1.82, 2.24) is 4.90 Å². The largest absolute Gasteiger partial charge is 0.492 e. The average Bonchev–Trinajstić information content (AvgIpc) is 2.79. The molecule has 164 valence electrons. The molecule has 0 saturated carbocycles. The summed E-state index contributed by atoms with van der Waals surface area (Å²) < 4.78 is 10.9. The number of carbonyl (C=O) groups is 1. The van der Waals surface area contributed by atoms with Crippen molar-refractivity contribution < 1.29 is 14.3 Å². The van der Waals surface area contributed by atoms with E-state index in [0.717, 1.165) is 36.6 Å². The summed E-state index contributed by atoms with van der Waals surface area (Å²) >= 11 is 0. The molecule has 1 atom stereocenters. The molecule has 1 unspecified atom stereocenters. The Morgan fingerprint density at radius 1 is 1.06 bits per heavy atom. The number of esters is 1. The first-order chi connectivity index (χ1) is 15.1. The summed E-state index contributed by atoms with van der Waals surface area (Å²) in [4.78, 5) is 22.4. The van der Waals surface area contributed by atoms with E-state index in [1.54, 1.807) is 12.1 Å². The van der Waals surface area contributed by atoms with Crippen molar-refractivity contribution in [3.63, 3.8) is 0 Å². The normalized spacial score (nSPS) is 15.5.